The van der Waals surface area contributed by atoms with Crippen LogP contribution in [0.2, 0.25) is 0 Å². The lowest BCUT2D eigenvalue weighted by Crippen LogP contribution is -2.53. The number of amides is 5. The summed E-state index contributed by atoms with van der Waals surface area (Å²) < 4.78 is 39.6. The number of methoxy groups -OCH3 is 2. The second-order valence-corrected chi connectivity index (χ2v) is 18.0. The number of hydrogen-bond donors (Lipinski definition) is 3. The first-order valence-electron chi connectivity index (χ1n) is 23.8. The molecule has 0 aromatic heterocycles. The van der Waals surface area contributed by atoms with E-state index in [4.69, 9.17) is 43.1 Å². The Bertz CT molecular complexity index is 2980. The van der Waals surface area contributed by atoms with Crippen LogP contribution in [0.25, 0.3) is 11.1 Å². The number of rotatable bonds is 18. The molecule has 378 valence electrons. The van der Waals surface area contributed by atoms with E-state index in [1.54, 1.807) is 79.4 Å². The predicted molar refractivity (Wildman–Crippen MR) is 272 cm³/mol. The van der Waals surface area contributed by atoms with Crippen molar-refractivity contribution in [2.45, 2.75) is 64.2 Å². The van der Waals surface area contributed by atoms with Gasteiger partial charge in [0.2, 0.25) is 18.6 Å². The van der Waals surface area contributed by atoms with Gasteiger partial charge in [0.1, 0.15) is 18.7 Å². The minimum atomic E-state index is -0.919. The molecule has 5 heterocycles. The molecule has 73 heavy (non-hydrogen) atoms. The van der Waals surface area contributed by atoms with Crippen molar-refractivity contribution in [2.24, 2.45) is 15.9 Å². The van der Waals surface area contributed by atoms with Crippen LogP contribution in [0.5, 0.6) is 34.5 Å². The first kappa shape index (κ1) is 49.4. The number of fused-ring (bicyclic) bond motifs is 5. The number of nitrogens with zero attached hydrogens (tertiary/aromatic N) is 4. The van der Waals surface area contributed by atoms with Gasteiger partial charge in [0.25, 0.3) is 11.8 Å². The van der Waals surface area contributed by atoms with Gasteiger partial charge in [-0.2, -0.15) is 0 Å². The monoisotopic (exact) mass is 993 g/mol. The van der Waals surface area contributed by atoms with Crippen LogP contribution in [0.15, 0.2) is 102 Å². The molecule has 4 aromatic carbocycles. The number of aliphatic imine (C=N–C) groups is 2. The van der Waals surface area contributed by atoms with E-state index in [2.05, 4.69) is 22.5 Å². The van der Waals surface area contributed by atoms with Crippen LogP contribution in [-0.4, -0.2) is 117 Å². The van der Waals surface area contributed by atoms with Crippen molar-refractivity contribution in [3.8, 4) is 34.5 Å². The van der Waals surface area contributed by atoms with Crippen LogP contribution in [0.1, 0.15) is 71.9 Å². The van der Waals surface area contributed by atoms with Crippen molar-refractivity contribution in [3.05, 3.63) is 114 Å². The average molecular weight is 994 g/mol. The Kier molecular flexibility index (Phi) is 14.5. The lowest BCUT2D eigenvalue weighted by molar-refractivity contribution is -0.128. The van der Waals surface area contributed by atoms with E-state index >= 15 is 0 Å². The van der Waals surface area contributed by atoms with E-state index < -0.39 is 30.0 Å². The van der Waals surface area contributed by atoms with Crippen LogP contribution in [-0.2, 0) is 14.3 Å². The predicted octanol–water partition coefficient (Wildman–Crippen LogP) is 7.60. The molecular formula is C54H55N7O12. The minimum absolute atomic E-state index is 0.00622. The van der Waals surface area contributed by atoms with E-state index in [1.807, 2.05) is 42.7 Å². The zero-order valence-electron chi connectivity index (χ0n) is 41.0. The van der Waals surface area contributed by atoms with Crippen LogP contribution in [0, 0.1) is 5.92 Å². The van der Waals surface area contributed by atoms with Gasteiger partial charge in [-0.15, -0.1) is 0 Å². The van der Waals surface area contributed by atoms with E-state index in [1.165, 1.54) is 20.3 Å². The second-order valence-electron chi connectivity index (χ2n) is 18.0. The molecule has 0 saturated carbocycles. The van der Waals surface area contributed by atoms with Crippen LogP contribution < -0.4 is 44.4 Å². The van der Waals surface area contributed by atoms with E-state index in [-0.39, 0.29) is 56.4 Å². The van der Waals surface area contributed by atoms with E-state index in [9.17, 15) is 24.0 Å². The average Bonchev–Trinajstić information content (AvgIpc) is 4.13. The number of hydrogen-bond acceptors (Lipinski definition) is 14. The fourth-order valence-corrected chi connectivity index (χ4v) is 8.89. The van der Waals surface area contributed by atoms with Crippen molar-refractivity contribution in [3.63, 3.8) is 0 Å². The molecule has 0 unspecified atom stereocenters. The molecule has 0 radical (unpaired) electrons. The summed E-state index contributed by atoms with van der Waals surface area (Å²) in [6, 6.07) is 17.2. The van der Waals surface area contributed by atoms with Crippen molar-refractivity contribution >= 4 is 70.4 Å². The van der Waals surface area contributed by atoms with Gasteiger partial charge in [-0.3, -0.25) is 29.2 Å². The summed E-state index contributed by atoms with van der Waals surface area (Å²) in [6.07, 6.45) is 9.42. The summed E-state index contributed by atoms with van der Waals surface area (Å²) in [7, 11) is 3.02. The summed E-state index contributed by atoms with van der Waals surface area (Å²) in [4.78, 5) is 78.8. The van der Waals surface area contributed by atoms with Crippen LogP contribution >= 0.6 is 0 Å². The Labute approximate surface area is 421 Å². The number of alkyl carbamates (subject to hydrolysis) is 1. The lowest BCUT2D eigenvalue weighted by atomic mass is 10.0. The highest BCUT2D eigenvalue weighted by atomic mass is 16.7. The van der Waals surface area contributed by atoms with Crippen molar-refractivity contribution < 1.29 is 57.1 Å². The molecular weight excluding hydrogens is 939 g/mol. The standard InChI is InChI=1S/C54H55N7O12/c1-7-15-71-54(66)59-49(30(2)3)51(63)57-31(4)50(62)58-36-12-9-32(10-13-36)34-18-37-25-55-41-23-47(44(67-5)21-39(41)52(64)60(37)27-34)69-16-8-17-70-48-24-42-40(22-45(48)68-6)53(65)61-28-35(19-38(61)26-56-42)33-11-14-43-46(20-33)73-29-72-43/h7,9-14,20-28,30-31,37-38,49H,1,8,15-19,29H2,2-6H3,(H,57,63)(H,58,62)(H,59,66)/t31-,37-,38-,49-/m0/s1. The highest BCUT2D eigenvalue weighted by Crippen LogP contribution is 2.43. The summed E-state index contributed by atoms with van der Waals surface area (Å²) >= 11 is 0. The van der Waals surface area contributed by atoms with E-state index in [0.29, 0.717) is 81.9 Å². The van der Waals surface area contributed by atoms with Gasteiger partial charge in [-0.1, -0.05) is 44.7 Å². The molecule has 0 spiro atoms. The molecule has 0 fully saturated rings. The van der Waals surface area contributed by atoms with Gasteiger partial charge in [0.15, 0.2) is 34.5 Å². The Balaban J connectivity index is 0.778. The molecule has 5 amide bonds. The number of benzene rings is 4. The first-order valence-corrected chi connectivity index (χ1v) is 23.8. The van der Waals surface area contributed by atoms with Crippen molar-refractivity contribution in [1.29, 1.82) is 0 Å². The largest absolute Gasteiger partial charge is 0.493 e. The van der Waals surface area contributed by atoms with Gasteiger partial charge in [-0.05, 0) is 71.5 Å². The molecule has 19 heteroatoms. The van der Waals surface area contributed by atoms with Gasteiger partial charge in [0, 0.05) is 61.9 Å². The molecule has 5 aliphatic heterocycles. The Morgan fingerprint density at radius 1 is 0.726 bits per heavy atom. The summed E-state index contributed by atoms with van der Waals surface area (Å²) in [5.41, 5.74) is 5.86. The molecule has 0 saturated heterocycles. The maximum atomic E-state index is 14.1. The second kappa shape index (κ2) is 21.4. The molecule has 4 aromatic rings. The molecule has 5 aliphatic rings. The fourth-order valence-electron chi connectivity index (χ4n) is 8.89. The molecule has 19 nitrogen and oxygen atoms in total. The van der Waals surface area contributed by atoms with Crippen molar-refractivity contribution in [1.82, 2.24) is 20.4 Å². The quantitative estimate of drug-likeness (QED) is 0.0649. The zero-order valence-corrected chi connectivity index (χ0v) is 41.0. The van der Waals surface area contributed by atoms with Crippen molar-refractivity contribution in [2.75, 3.05) is 46.1 Å². The number of nitrogens with one attached hydrogen (secondary N) is 3. The van der Waals surface area contributed by atoms with Crippen LogP contribution in [0.3, 0.4) is 0 Å². The van der Waals surface area contributed by atoms with Gasteiger partial charge < -0.3 is 58.9 Å². The topological polar surface area (TPSA) is 217 Å². The molecule has 4 atom stereocenters. The van der Waals surface area contributed by atoms with Gasteiger partial charge in [0.05, 0.1) is 62.0 Å². The third-order valence-corrected chi connectivity index (χ3v) is 12.8. The zero-order chi connectivity index (χ0) is 51.3. The maximum Gasteiger partial charge on any atom is 0.408 e. The lowest BCUT2D eigenvalue weighted by Gasteiger charge is -2.23. The summed E-state index contributed by atoms with van der Waals surface area (Å²) in [6.45, 7) is 9.26. The minimum Gasteiger partial charge on any atom is -0.493 e. The van der Waals surface area contributed by atoms with Gasteiger partial charge >= 0.3 is 6.09 Å². The number of ether oxygens (including phenoxy) is 7. The molecule has 0 aliphatic carbocycles. The number of carbonyl (C=O) groups excluding carboxylic acids is 5. The highest BCUT2D eigenvalue weighted by Gasteiger charge is 2.36. The van der Waals surface area contributed by atoms with Crippen LogP contribution in [0.4, 0.5) is 21.9 Å². The first-order chi connectivity index (χ1) is 35.3. The highest BCUT2D eigenvalue weighted by molar-refractivity contribution is 6.07. The third-order valence-electron chi connectivity index (χ3n) is 12.8. The summed E-state index contributed by atoms with van der Waals surface area (Å²) in [5, 5.41) is 8.00. The Hall–Kier alpha value is -8.61. The number of anilines is 1. The molecule has 3 N–H and O–H groups in total. The Morgan fingerprint density at radius 2 is 1.29 bits per heavy atom. The van der Waals surface area contributed by atoms with E-state index in [0.717, 1.165) is 22.3 Å². The summed E-state index contributed by atoms with van der Waals surface area (Å²) in [5.74, 6) is 1.29. The SMILES string of the molecule is C=CCOC(=O)N[C@H](C(=O)N[C@@H](C)C(=O)Nc1ccc(C2=CN3C(=O)c4cc(OC)c(OCCCOc5cc6c(cc5OC)C(=O)N5C=C(c7ccc8c(c7)OCO8)C[C@H]5C=N6)cc4N=C[C@@H]3C2)cc1)C(C)C. The molecule has 9 rings (SSSR count). The maximum absolute atomic E-state index is 14.1. The third kappa shape index (κ3) is 10.6. The normalized spacial score (nSPS) is 17.7. The fraction of sp³-hybridized carbons (Fsp3) is 0.315. The number of carbonyl (C=O) groups is 5. The smallest absolute Gasteiger partial charge is 0.408 e. The Morgan fingerprint density at radius 3 is 1.85 bits per heavy atom. The van der Waals surface area contributed by atoms with Gasteiger partial charge in [-0.25, -0.2) is 4.79 Å². The molecule has 0 bridgehead atoms.